The number of nitrogens with zero attached hydrogens (tertiary/aromatic N) is 1. The summed E-state index contributed by atoms with van der Waals surface area (Å²) < 4.78 is 30.7. The van der Waals surface area contributed by atoms with Crippen LogP contribution in [0, 0.1) is 5.92 Å². The van der Waals surface area contributed by atoms with Crippen LogP contribution in [0.15, 0.2) is 20.0 Å². The number of sulfonamides is 1. The molecule has 2 unspecified atom stereocenters. The van der Waals surface area contributed by atoms with Crippen molar-refractivity contribution >= 4 is 31.9 Å². The molecule has 0 amide bonds. The van der Waals surface area contributed by atoms with Crippen LogP contribution in [0.25, 0.3) is 0 Å². The standard InChI is InChI=1S/C11H14BrNO6S/c1-6-2-3-13(5-7(6)14)20(17,18)9-4-8(11(15)16)19-10(9)12/h4,6-7,14H,2-3,5H2,1H3,(H,15,16). The van der Waals surface area contributed by atoms with Gasteiger partial charge < -0.3 is 14.6 Å². The fourth-order valence-electron chi connectivity index (χ4n) is 2.01. The van der Waals surface area contributed by atoms with Crippen LogP contribution in [0.4, 0.5) is 0 Å². The topological polar surface area (TPSA) is 108 Å². The van der Waals surface area contributed by atoms with Crippen LogP contribution in [0.2, 0.25) is 0 Å². The van der Waals surface area contributed by atoms with Crippen molar-refractivity contribution in [3.05, 3.63) is 16.5 Å². The SMILES string of the molecule is CC1CCN(S(=O)(=O)c2cc(C(=O)O)oc2Br)CC1O. The molecule has 1 aliphatic heterocycles. The Morgan fingerprint density at radius 2 is 2.20 bits per heavy atom. The number of rotatable bonds is 3. The summed E-state index contributed by atoms with van der Waals surface area (Å²) in [5, 5.41) is 18.6. The normalized spacial score (nSPS) is 24.8. The fraction of sp³-hybridized carbons (Fsp3) is 0.545. The van der Waals surface area contributed by atoms with Crippen LogP contribution in [0.5, 0.6) is 0 Å². The molecule has 0 saturated carbocycles. The zero-order valence-electron chi connectivity index (χ0n) is 10.6. The number of furan rings is 1. The first-order chi connectivity index (χ1) is 9.23. The Hall–Kier alpha value is -0.900. The summed E-state index contributed by atoms with van der Waals surface area (Å²) in [7, 11) is -3.89. The highest BCUT2D eigenvalue weighted by atomic mass is 79.9. The smallest absolute Gasteiger partial charge is 0.371 e. The molecule has 1 aliphatic rings. The third-order valence-corrected chi connectivity index (χ3v) is 6.09. The molecule has 7 nitrogen and oxygen atoms in total. The molecule has 0 aromatic carbocycles. The van der Waals surface area contributed by atoms with Gasteiger partial charge in [0.2, 0.25) is 15.8 Å². The molecular weight excluding hydrogens is 354 g/mol. The van der Waals surface area contributed by atoms with Gasteiger partial charge in [-0.15, -0.1) is 0 Å². The monoisotopic (exact) mass is 367 g/mol. The molecular formula is C11H14BrNO6S. The lowest BCUT2D eigenvalue weighted by Crippen LogP contribution is -2.45. The lowest BCUT2D eigenvalue weighted by atomic mass is 9.98. The molecule has 0 spiro atoms. The van der Waals surface area contributed by atoms with Gasteiger partial charge in [-0.2, -0.15) is 4.31 Å². The summed E-state index contributed by atoms with van der Waals surface area (Å²) in [5.74, 6) is -1.77. The number of hydrogen-bond donors (Lipinski definition) is 2. The molecule has 0 radical (unpaired) electrons. The number of aliphatic hydroxyl groups is 1. The number of carboxylic acids is 1. The third-order valence-electron chi connectivity index (χ3n) is 3.37. The Morgan fingerprint density at radius 1 is 1.55 bits per heavy atom. The number of aliphatic hydroxyl groups excluding tert-OH is 1. The van der Waals surface area contributed by atoms with E-state index in [-0.39, 0.29) is 28.6 Å². The fourth-order valence-corrected chi connectivity index (χ4v) is 4.39. The highest BCUT2D eigenvalue weighted by molar-refractivity contribution is 9.10. The van der Waals surface area contributed by atoms with E-state index in [2.05, 4.69) is 15.9 Å². The minimum atomic E-state index is -3.89. The second kappa shape index (κ2) is 5.47. The number of halogens is 1. The summed E-state index contributed by atoms with van der Waals surface area (Å²) in [6.45, 7) is 2.12. The van der Waals surface area contributed by atoms with Gasteiger partial charge in [0.1, 0.15) is 4.90 Å². The Bertz CT molecular complexity index is 625. The molecule has 112 valence electrons. The quantitative estimate of drug-likeness (QED) is 0.828. The summed E-state index contributed by atoms with van der Waals surface area (Å²) in [6, 6.07) is 0.964. The highest BCUT2D eigenvalue weighted by Gasteiger charge is 2.35. The van der Waals surface area contributed by atoms with E-state index < -0.39 is 27.9 Å². The lowest BCUT2D eigenvalue weighted by molar-refractivity contribution is 0.0605. The Balaban J connectivity index is 2.33. The minimum Gasteiger partial charge on any atom is -0.475 e. The van der Waals surface area contributed by atoms with Crippen LogP contribution < -0.4 is 0 Å². The van der Waals surface area contributed by atoms with Crippen molar-refractivity contribution in [1.82, 2.24) is 4.31 Å². The molecule has 2 heterocycles. The third kappa shape index (κ3) is 2.76. The molecule has 0 aliphatic carbocycles. The molecule has 1 aromatic heterocycles. The predicted octanol–water partition coefficient (Wildman–Crippen LogP) is 1.13. The van der Waals surface area contributed by atoms with Crippen LogP contribution in [0.3, 0.4) is 0 Å². The predicted molar refractivity (Wildman–Crippen MR) is 71.9 cm³/mol. The van der Waals surface area contributed by atoms with E-state index in [0.29, 0.717) is 6.42 Å². The summed E-state index contributed by atoms with van der Waals surface area (Å²) in [6.07, 6.45) is -0.190. The van der Waals surface area contributed by atoms with E-state index in [1.165, 1.54) is 0 Å². The Morgan fingerprint density at radius 3 is 2.70 bits per heavy atom. The zero-order chi connectivity index (χ0) is 15.1. The van der Waals surface area contributed by atoms with Gasteiger partial charge in [-0.1, -0.05) is 6.92 Å². The van der Waals surface area contributed by atoms with Crippen LogP contribution in [-0.4, -0.2) is 48.1 Å². The maximum absolute atomic E-state index is 12.4. The van der Waals surface area contributed by atoms with Crippen molar-refractivity contribution in [2.75, 3.05) is 13.1 Å². The van der Waals surface area contributed by atoms with Crippen LogP contribution >= 0.6 is 15.9 Å². The van der Waals surface area contributed by atoms with Gasteiger partial charge in [0.15, 0.2) is 4.67 Å². The van der Waals surface area contributed by atoms with Gasteiger partial charge in [-0.05, 0) is 28.3 Å². The first-order valence-corrected chi connectivity index (χ1v) is 8.17. The van der Waals surface area contributed by atoms with E-state index in [1.54, 1.807) is 0 Å². The molecule has 9 heteroatoms. The van der Waals surface area contributed by atoms with Gasteiger partial charge in [0.25, 0.3) is 0 Å². The molecule has 1 saturated heterocycles. The number of piperidine rings is 1. The average molecular weight is 368 g/mol. The number of aromatic carboxylic acids is 1. The average Bonchev–Trinajstić information content (AvgIpc) is 2.75. The van der Waals surface area contributed by atoms with Gasteiger partial charge in [-0.25, -0.2) is 13.2 Å². The summed E-state index contributed by atoms with van der Waals surface area (Å²) in [5.41, 5.74) is 0. The van der Waals surface area contributed by atoms with Crippen molar-refractivity contribution in [1.29, 1.82) is 0 Å². The molecule has 2 atom stereocenters. The van der Waals surface area contributed by atoms with Crippen molar-refractivity contribution < 1.29 is 27.8 Å². The second-order valence-corrected chi connectivity index (χ2v) is 7.38. The molecule has 1 fully saturated rings. The van der Waals surface area contributed by atoms with Crippen molar-refractivity contribution in [3.8, 4) is 0 Å². The molecule has 0 bridgehead atoms. The van der Waals surface area contributed by atoms with Crippen molar-refractivity contribution in [2.24, 2.45) is 5.92 Å². The molecule has 2 N–H and O–H groups in total. The number of carboxylic acid groups (broad SMARTS) is 1. The van der Waals surface area contributed by atoms with Gasteiger partial charge >= 0.3 is 5.97 Å². The molecule has 1 aromatic rings. The van der Waals surface area contributed by atoms with E-state index in [1.807, 2.05) is 6.92 Å². The minimum absolute atomic E-state index is 0.0104. The largest absolute Gasteiger partial charge is 0.475 e. The summed E-state index contributed by atoms with van der Waals surface area (Å²) >= 11 is 2.92. The Labute approximate surface area is 124 Å². The lowest BCUT2D eigenvalue weighted by Gasteiger charge is -2.33. The zero-order valence-corrected chi connectivity index (χ0v) is 13.0. The highest BCUT2D eigenvalue weighted by Crippen LogP contribution is 2.31. The first kappa shape index (κ1) is 15.5. The van der Waals surface area contributed by atoms with E-state index in [4.69, 9.17) is 9.52 Å². The number of β-amino-alcohol motifs (C(OH)–C–C–N with tert-alkyl or cyclic N) is 1. The second-order valence-electron chi connectivity index (χ2n) is 4.75. The van der Waals surface area contributed by atoms with Crippen LogP contribution in [0.1, 0.15) is 23.9 Å². The van der Waals surface area contributed by atoms with E-state index in [0.717, 1.165) is 10.4 Å². The molecule has 2 rings (SSSR count). The number of hydrogen-bond acceptors (Lipinski definition) is 5. The van der Waals surface area contributed by atoms with Crippen LogP contribution in [-0.2, 0) is 10.0 Å². The van der Waals surface area contributed by atoms with Gasteiger partial charge in [-0.3, -0.25) is 0 Å². The van der Waals surface area contributed by atoms with Crippen molar-refractivity contribution in [3.63, 3.8) is 0 Å². The maximum atomic E-state index is 12.4. The maximum Gasteiger partial charge on any atom is 0.371 e. The van der Waals surface area contributed by atoms with E-state index in [9.17, 15) is 18.3 Å². The molecule has 20 heavy (non-hydrogen) atoms. The first-order valence-electron chi connectivity index (χ1n) is 5.94. The Kier molecular flexibility index (Phi) is 4.24. The van der Waals surface area contributed by atoms with E-state index >= 15 is 0 Å². The number of carbonyl (C=O) groups is 1. The summed E-state index contributed by atoms with van der Waals surface area (Å²) in [4.78, 5) is 10.6. The van der Waals surface area contributed by atoms with Gasteiger partial charge in [0.05, 0.1) is 6.10 Å². The van der Waals surface area contributed by atoms with Gasteiger partial charge in [0, 0.05) is 19.2 Å². The van der Waals surface area contributed by atoms with Crippen molar-refractivity contribution in [2.45, 2.75) is 24.3 Å².